The molecule has 0 aromatic heterocycles. The third-order valence-corrected chi connectivity index (χ3v) is 3.58. The third kappa shape index (κ3) is 5.08. The molecule has 11 heteroatoms. The molecule has 0 aliphatic heterocycles. The van der Waals surface area contributed by atoms with E-state index in [-0.39, 0.29) is 24.2 Å². The van der Waals surface area contributed by atoms with E-state index in [1.807, 2.05) is 0 Å². The Balaban J connectivity index is 1.96. The number of para-hydroxylation sites is 2. The molecule has 0 fully saturated rings. The summed E-state index contributed by atoms with van der Waals surface area (Å²) in [7, 11) is 0. The molecule has 0 unspecified atom stereocenters. The van der Waals surface area contributed by atoms with Crippen LogP contribution in [0.5, 0.6) is 11.5 Å². The van der Waals surface area contributed by atoms with Crippen molar-refractivity contribution in [3.63, 3.8) is 0 Å². The normalized spacial score (nSPS) is 12.5. The minimum absolute atomic E-state index is 0.0968. The maximum absolute atomic E-state index is 10.8. The van der Waals surface area contributed by atoms with E-state index in [9.17, 15) is 35.5 Å². The van der Waals surface area contributed by atoms with Gasteiger partial charge in [0.05, 0.1) is 29.0 Å². The smallest absolute Gasteiger partial charge is 0.311 e. The van der Waals surface area contributed by atoms with Gasteiger partial charge in [-0.3, -0.25) is 30.2 Å². The summed E-state index contributed by atoms with van der Waals surface area (Å²) in [5, 5.41) is 51.0. The lowest BCUT2D eigenvalue weighted by Gasteiger charge is -2.04. The molecule has 0 heterocycles. The Morgan fingerprint density at radius 3 is 1.61 bits per heavy atom. The van der Waals surface area contributed by atoms with Crippen molar-refractivity contribution < 1.29 is 25.2 Å². The largest absolute Gasteiger partial charge is 0.502 e. The molecule has 0 bridgehead atoms. The number of phenols is 2. The average Bonchev–Trinajstić information content (AvgIpc) is 2.64. The summed E-state index contributed by atoms with van der Waals surface area (Å²) in [6, 6.07) is 7.96. The number of hydrogen-bond donors (Lipinski definition) is 3. The Bertz CT molecular complexity index is 868. The number of aliphatic hydroxyl groups excluding tert-OH is 1. The molecular weight excluding hydrogens is 372 g/mol. The molecule has 2 aromatic carbocycles. The SMILES string of the molecule is O=[N+]([O-])c1cccc(C=NCC(O)CN=Cc2cccc([N+](=O)[O-])c2O)c1O. The number of nitrogens with zero attached hydrogens (tertiary/aromatic N) is 4. The van der Waals surface area contributed by atoms with Gasteiger partial charge >= 0.3 is 11.4 Å². The Kier molecular flexibility index (Phi) is 6.71. The van der Waals surface area contributed by atoms with Crippen molar-refractivity contribution >= 4 is 23.8 Å². The number of nitro groups is 2. The summed E-state index contributed by atoms with van der Waals surface area (Å²) in [5.74, 6) is -1.05. The van der Waals surface area contributed by atoms with Gasteiger partial charge in [0.1, 0.15) is 0 Å². The molecule has 0 aliphatic rings. The Hall–Kier alpha value is -3.86. The highest BCUT2D eigenvalue weighted by molar-refractivity contribution is 5.86. The van der Waals surface area contributed by atoms with E-state index >= 15 is 0 Å². The number of hydrogen-bond acceptors (Lipinski definition) is 9. The summed E-state index contributed by atoms with van der Waals surface area (Å²) in [5.41, 5.74) is -0.644. The Labute approximate surface area is 158 Å². The first-order valence-corrected chi connectivity index (χ1v) is 7.91. The van der Waals surface area contributed by atoms with Gasteiger partial charge in [-0.25, -0.2) is 0 Å². The van der Waals surface area contributed by atoms with Crippen LogP contribution in [0.4, 0.5) is 11.4 Å². The summed E-state index contributed by atoms with van der Waals surface area (Å²) in [6.07, 6.45) is 1.39. The number of phenolic OH excluding ortho intramolecular Hbond substituents is 2. The second kappa shape index (κ2) is 9.19. The average molecular weight is 388 g/mol. The van der Waals surface area contributed by atoms with E-state index in [0.29, 0.717) is 0 Å². The van der Waals surface area contributed by atoms with Crippen molar-refractivity contribution in [1.29, 1.82) is 0 Å². The van der Waals surface area contributed by atoms with Crippen LogP contribution >= 0.6 is 0 Å². The van der Waals surface area contributed by atoms with Gasteiger partial charge in [0, 0.05) is 35.7 Å². The number of benzene rings is 2. The lowest BCUT2D eigenvalue weighted by atomic mass is 10.2. The maximum atomic E-state index is 10.8. The van der Waals surface area contributed by atoms with Crippen LogP contribution in [-0.4, -0.2) is 56.8 Å². The summed E-state index contributed by atoms with van der Waals surface area (Å²) in [6.45, 7) is -0.194. The van der Waals surface area contributed by atoms with E-state index in [1.165, 1.54) is 36.7 Å². The van der Waals surface area contributed by atoms with Gasteiger partial charge in [-0.05, 0) is 12.1 Å². The quantitative estimate of drug-likeness (QED) is 0.351. The molecule has 0 amide bonds. The Morgan fingerprint density at radius 2 is 1.25 bits per heavy atom. The monoisotopic (exact) mass is 388 g/mol. The maximum Gasteiger partial charge on any atom is 0.311 e. The zero-order chi connectivity index (χ0) is 20.7. The molecule has 2 rings (SSSR count). The lowest BCUT2D eigenvalue weighted by Crippen LogP contribution is -2.15. The molecule has 0 aliphatic carbocycles. The molecule has 0 saturated carbocycles. The summed E-state index contributed by atoms with van der Waals surface area (Å²) < 4.78 is 0. The number of aliphatic hydroxyl groups is 1. The van der Waals surface area contributed by atoms with Crippen LogP contribution in [-0.2, 0) is 0 Å². The molecule has 146 valence electrons. The Morgan fingerprint density at radius 1 is 0.857 bits per heavy atom. The zero-order valence-electron chi connectivity index (χ0n) is 14.4. The molecular formula is C17H16N4O7. The minimum Gasteiger partial charge on any atom is -0.502 e. The highest BCUT2D eigenvalue weighted by atomic mass is 16.6. The molecule has 0 saturated heterocycles. The lowest BCUT2D eigenvalue weighted by molar-refractivity contribution is -0.386. The summed E-state index contributed by atoms with van der Waals surface area (Å²) >= 11 is 0. The number of rotatable bonds is 8. The van der Waals surface area contributed by atoms with Gasteiger partial charge in [-0.15, -0.1) is 0 Å². The fraction of sp³-hybridized carbons (Fsp3) is 0.176. The number of aliphatic imine (C=N–C) groups is 2. The van der Waals surface area contributed by atoms with Gasteiger partial charge < -0.3 is 15.3 Å². The summed E-state index contributed by atoms with van der Waals surface area (Å²) in [4.78, 5) is 27.9. The number of nitro benzene ring substituents is 2. The van der Waals surface area contributed by atoms with E-state index in [4.69, 9.17) is 0 Å². The van der Waals surface area contributed by atoms with Crippen LogP contribution in [0.3, 0.4) is 0 Å². The second-order valence-corrected chi connectivity index (χ2v) is 5.59. The first kappa shape index (κ1) is 20.5. The molecule has 28 heavy (non-hydrogen) atoms. The highest BCUT2D eigenvalue weighted by Gasteiger charge is 2.16. The first-order chi connectivity index (χ1) is 13.3. The van der Waals surface area contributed by atoms with Crippen molar-refractivity contribution in [3.8, 4) is 11.5 Å². The fourth-order valence-corrected chi connectivity index (χ4v) is 2.20. The minimum atomic E-state index is -1.01. The van der Waals surface area contributed by atoms with Crippen molar-refractivity contribution in [2.24, 2.45) is 9.98 Å². The van der Waals surface area contributed by atoms with Gasteiger partial charge in [0.2, 0.25) is 11.5 Å². The topological polar surface area (TPSA) is 172 Å². The molecule has 0 atom stereocenters. The third-order valence-electron chi connectivity index (χ3n) is 3.58. The van der Waals surface area contributed by atoms with Crippen LogP contribution in [0.1, 0.15) is 11.1 Å². The molecule has 0 spiro atoms. The number of aromatic hydroxyl groups is 2. The standard InChI is InChI=1S/C17H16N4O7/c22-13(9-18-7-11-3-1-5-14(16(11)23)20(25)26)10-19-8-12-4-2-6-15(17(12)24)21(27)28/h1-8,13,22-24H,9-10H2. The molecule has 0 radical (unpaired) electrons. The second-order valence-electron chi connectivity index (χ2n) is 5.59. The van der Waals surface area contributed by atoms with Crippen LogP contribution < -0.4 is 0 Å². The van der Waals surface area contributed by atoms with Gasteiger partial charge in [-0.1, -0.05) is 12.1 Å². The van der Waals surface area contributed by atoms with Crippen molar-refractivity contribution in [2.45, 2.75) is 6.10 Å². The van der Waals surface area contributed by atoms with Gasteiger partial charge in [-0.2, -0.15) is 0 Å². The van der Waals surface area contributed by atoms with Gasteiger partial charge in [0.15, 0.2) is 0 Å². The van der Waals surface area contributed by atoms with Crippen LogP contribution in [0.25, 0.3) is 0 Å². The van der Waals surface area contributed by atoms with Crippen LogP contribution in [0.15, 0.2) is 46.4 Å². The van der Waals surface area contributed by atoms with E-state index in [2.05, 4.69) is 9.98 Å². The van der Waals surface area contributed by atoms with Crippen LogP contribution in [0.2, 0.25) is 0 Å². The van der Waals surface area contributed by atoms with E-state index in [0.717, 1.165) is 12.1 Å². The fourth-order valence-electron chi connectivity index (χ4n) is 2.20. The predicted octanol–water partition coefficient (Wildman–Crippen LogP) is 1.81. The highest BCUT2D eigenvalue weighted by Crippen LogP contribution is 2.28. The van der Waals surface area contributed by atoms with Gasteiger partial charge in [0.25, 0.3) is 0 Å². The van der Waals surface area contributed by atoms with E-state index in [1.54, 1.807) is 0 Å². The van der Waals surface area contributed by atoms with Crippen molar-refractivity contribution in [1.82, 2.24) is 0 Å². The predicted molar refractivity (Wildman–Crippen MR) is 100 cm³/mol. The first-order valence-electron chi connectivity index (χ1n) is 7.91. The molecule has 2 aromatic rings. The zero-order valence-corrected chi connectivity index (χ0v) is 14.4. The molecule has 11 nitrogen and oxygen atoms in total. The van der Waals surface area contributed by atoms with Crippen molar-refractivity contribution in [3.05, 3.63) is 67.8 Å². The van der Waals surface area contributed by atoms with Crippen molar-refractivity contribution in [2.75, 3.05) is 13.1 Å². The molecule has 3 N–H and O–H groups in total. The van der Waals surface area contributed by atoms with E-state index < -0.39 is 38.8 Å². The van der Waals surface area contributed by atoms with Crippen LogP contribution in [0, 0.1) is 20.2 Å².